The smallest absolute Gasteiger partial charge is 0.331 e. The van der Waals surface area contributed by atoms with Crippen molar-refractivity contribution >= 4 is 5.97 Å². The minimum atomic E-state index is -0.918. The molecule has 0 unspecified atom stereocenters. The molecule has 0 fully saturated rings. The van der Waals surface area contributed by atoms with E-state index in [1.165, 1.54) is 19.3 Å². The summed E-state index contributed by atoms with van der Waals surface area (Å²) in [4.78, 5) is 11.2. The molecule has 1 aliphatic rings. The molecule has 1 atom stereocenters. The highest BCUT2D eigenvalue weighted by Gasteiger charge is 2.27. The number of carboxylic acid groups (broad SMARTS) is 1. The van der Waals surface area contributed by atoms with E-state index in [0.29, 0.717) is 17.6 Å². The van der Waals surface area contributed by atoms with Gasteiger partial charge in [0.2, 0.25) is 0 Å². The maximum absolute atomic E-state index is 11.2. The number of phenols is 2. The molecule has 2 rings (SSSR count). The zero-order valence-corrected chi connectivity index (χ0v) is 16.2. The summed E-state index contributed by atoms with van der Waals surface area (Å²) in [5.41, 5.74) is 1.61. The summed E-state index contributed by atoms with van der Waals surface area (Å²) in [5.74, 6) is -1.04. The van der Waals surface area contributed by atoms with Crippen molar-refractivity contribution in [3.05, 3.63) is 34.9 Å². The van der Waals surface area contributed by atoms with E-state index in [9.17, 15) is 20.1 Å². The predicted octanol–water partition coefficient (Wildman–Crippen LogP) is 5.62. The number of carboxylic acids is 1. The zero-order valence-electron chi connectivity index (χ0n) is 16.2. The fourth-order valence-corrected chi connectivity index (χ4v) is 3.86. The van der Waals surface area contributed by atoms with Crippen molar-refractivity contribution in [2.24, 2.45) is 0 Å². The summed E-state index contributed by atoms with van der Waals surface area (Å²) in [6, 6.07) is 3.50. The van der Waals surface area contributed by atoms with Gasteiger partial charge in [-0.1, -0.05) is 52.5 Å². The molecule has 0 spiro atoms. The number of aliphatic carboxylic acids is 1. The Morgan fingerprint density at radius 2 is 1.81 bits per heavy atom. The maximum Gasteiger partial charge on any atom is 0.331 e. The molecule has 4 heteroatoms. The lowest BCUT2D eigenvalue weighted by Gasteiger charge is -2.28. The number of hydrogen-bond donors (Lipinski definition) is 3. The van der Waals surface area contributed by atoms with Crippen LogP contribution in [0.3, 0.4) is 0 Å². The van der Waals surface area contributed by atoms with Gasteiger partial charge in [-0.3, -0.25) is 0 Å². The molecular formula is C22H32O4. The Bertz CT molecular complexity index is 650. The number of allylic oxidation sites excluding steroid dienone is 1. The molecule has 1 aromatic rings. The third kappa shape index (κ3) is 4.80. The average Bonchev–Trinajstić information content (AvgIpc) is 2.58. The Morgan fingerprint density at radius 3 is 2.38 bits per heavy atom. The van der Waals surface area contributed by atoms with Crippen LogP contribution in [-0.4, -0.2) is 21.3 Å². The van der Waals surface area contributed by atoms with E-state index in [2.05, 4.69) is 20.8 Å². The molecule has 0 bridgehead atoms. The van der Waals surface area contributed by atoms with E-state index in [-0.39, 0.29) is 22.8 Å². The van der Waals surface area contributed by atoms with Gasteiger partial charge in [-0.2, -0.15) is 0 Å². The third-order valence-electron chi connectivity index (χ3n) is 5.58. The monoisotopic (exact) mass is 360 g/mol. The number of benzene rings is 1. The van der Waals surface area contributed by atoms with E-state index >= 15 is 0 Å². The second kappa shape index (κ2) is 8.61. The highest BCUT2D eigenvalue weighted by Crippen LogP contribution is 2.44. The molecule has 1 aromatic carbocycles. The van der Waals surface area contributed by atoms with Crippen molar-refractivity contribution in [3.8, 4) is 11.5 Å². The van der Waals surface area contributed by atoms with Crippen LogP contribution in [0, 0.1) is 0 Å². The normalized spacial score (nSPS) is 17.8. The molecule has 0 amide bonds. The lowest BCUT2D eigenvalue weighted by molar-refractivity contribution is -0.132. The van der Waals surface area contributed by atoms with Crippen LogP contribution < -0.4 is 0 Å². The molecular weight excluding hydrogens is 328 g/mol. The van der Waals surface area contributed by atoms with Crippen LogP contribution in [0.5, 0.6) is 11.5 Å². The van der Waals surface area contributed by atoms with Crippen LogP contribution in [0.2, 0.25) is 0 Å². The quantitative estimate of drug-likeness (QED) is 0.525. The predicted molar refractivity (Wildman–Crippen MR) is 104 cm³/mol. The van der Waals surface area contributed by atoms with Crippen molar-refractivity contribution in [2.75, 3.05) is 0 Å². The van der Waals surface area contributed by atoms with Crippen LogP contribution in [0.25, 0.3) is 0 Å². The van der Waals surface area contributed by atoms with Gasteiger partial charge >= 0.3 is 5.97 Å². The fourth-order valence-electron chi connectivity index (χ4n) is 3.86. The van der Waals surface area contributed by atoms with Crippen LogP contribution in [-0.2, 0) is 10.2 Å². The molecule has 144 valence electrons. The Kier molecular flexibility index (Phi) is 6.74. The molecule has 0 saturated heterocycles. The van der Waals surface area contributed by atoms with Gasteiger partial charge in [-0.15, -0.1) is 0 Å². The minimum absolute atomic E-state index is 0.0644. The molecule has 0 saturated carbocycles. The van der Waals surface area contributed by atoms with Gasteiger partial charge in [-0.05, 0) is 48.8 Å². The number of hydrogen-bond acceptors (Lipinski definition) is 3. The summed E-state index contributed by atoms with van der Waals surface area (Å²) in [6.07, 6.45) is 9.43. The molecule has 3 N–H and O–H groups in total. The highest BCUT2D eigenvalue weighted by molar-refractivity contribution is 5.87. The van der Waals surface area contributed by atoms with Gasteiger partial charge < -0.3 is 15.3 Å². The first-order chi connectivity index (χ1) is 12.3. The lowest BCUT2D eigenvalue weighted by atomic mass is 9.77. The van der Waals surface area contributed by atoms with Crippen LogP contribution in [0.1, 0.15) is 89.2 Å². The summed E-state index contributed by atoms with van der Waals surface area (Å²) in [7, 11) is 0. The first-order valence-electron chi connectivity index (χ1n) is 9.76. The Morgan fingerprint density at radius 1 is 1.15 bits per heavy atom. The van der Waals surface area contributed by atoms with Gasteiger partial charge in [0.1, 0.15) is 11.5 Å². The Labute approximate surface area is 156 Å². The van der Waals surface area contributed by atoms with E-state index in [1.54, 1.807) is 18.2 Å². The number of phenolic OH excluding ortho intramolecular Hbond substituents is 2. The molecule has 0 aromatic heterocycles. The highest BCUT2D eigenvalue weighted by atomic mass is 16.4. The number of rotatable bonds is 8. The Balaban J connectivity index is 2.25. The minimum Gasteiger partial charge on any atom is -0.507 e. The second-order valence-corrected chi connectivity index (χ2v) is 8.12. The molecule has 4 nitrogen and oxygen atoms in total. The van der Waals surface area contributed by atoms with Gasteiger partial charge in [0, 0.05) is 17.1 Å². The van der Waals surface area contributed by atoms with Gasteiger partial charge in [-0.25, -0.2) is 4.79 Å². The van der Waals surface area contributed by atoms with Crippen molar-refractivity contribution < 1.29 is 20.1 Å². The van der Waals surface area contributed by atoms with Crippen molar-refractivity contribution in [3.63, 3.8) is 0 Å². The number of carbonyl (C=O) groups is 1. The zero-order chi connectivity index (χ0) is 19.3. The van der Waals surface area contributed by atoms with Gasteiger partial charge in [0.25, 0.3) is 0 Å². The molecule has 0 heterocycles. The second-order valence-electron chi connectivity index (χ2n) is 8.12. The Hall–Kier alpha value is -1.97. The van der Waals surface area contributed by atoms with Gasteiger partial charge in [0.15, 0.2) is 0 Å². The number of unbranched alkanes of at least 4 members (excludes halogenated alkanes) is 3. The standard InChI is InChI=1S/C22H32O4/c1-4-5-6-7-11-22(2,3)17-13-18(23)20(19(24)14-17)15-9-8-10-16(12-15)21(25)26/h12-15,23-24H,4-11H2,1-3H3,(H,25,26)/t15-/m1/s1. The fraction of sp³-hybridized carbons (Fsp3) is 0.591. The summed E-state index contributed by atoms with van der Waals surface area (Å²) < 4.78 is 0. The SMILES string of the molecule is CCCCCCC(C)(C)c1cc(O)c([C@H]2C=C(C(=O)O)CCC2)c(O)c1. The average molecular weight is 360 g/mol. The van der Waals surface area contributed by atoms with Crippen LogP contribution >= 0.6 is 0 Å². The van der Waals surface area contributed by atoms with E-state index in [4.69, 9.17) is 0 Å². The lowest BCUT2D eigenvalue weighted by Crippen LogP contribution is -2.17. The summed E-state index contributed by atoms with van der Waals surface area (Å²) in [5, 5.41) is 30.4. The molecule has 0 radical (unpaired) electrons. The maximum atomic E-state index is 11.2. The molecule has 0 aliphatic heterocycles. The van der Waals surface area contributed by atoms with Crippen LogP contribution in [0.4, 0.5) is 0 Å². The topological polar surface area (TPSA) is 77.8 Å². The molecule has 26 heavy (non-hydrogen) atoms. The van der Waals surface area contributed by atoms with E-state index < -0.39 is 5.97 Å². The van der Waals surface area contributed by atoms with Gasteiger partial charge in [0.05, 0.1) is 0 Å². The van der Waals surface area contributed by atoms with Crippen molar-refractivity contribution in [1.29, 1.82) is 0 Å². The number of aromatic hydroxyl groups is 2. The first kappa shape index (κ1) is 20.3. The third-order valence-corrected chi connectivity index (χ3v) is 5.58. The van der Waals surface area contributed by atoms with Crippen molar-refractivity contribution in [2.45, 2.75) is 83.5 Å². The summed E-state index contributed by atoms with van der Waals surface area (Å²) in [6.45, 7) is 6.46. The van der Waals surface area contributed by atoms with Crippen LogP contribution in [0.15, 0.2) is 23.8 Å². The molecule has 1 aliphatic carbocycles. The largest absolute Gasteiger partial charge is 0.507 e. The van der Waals surface area contributed by atoms with E-state index in [0.717, 1.165) is 31.2 Å². The van der Waals surface area contributed by atoms with Crippen molar-refractivity contribution in [1.82, 2.24) is 0 Å². The first-order valence-corrected chi connectivity index (χ1v) is 9.76. The summed E-state index contributed by atoms with van der Waals surface area (Å²) >= 11 is 0. The van der Waals surface area contributed by atoms with E-state index in [1.807, 2.05) is 0 Å².